The maximum Gasteiger partial charge on any atom is 0.240 e. The van der Waals surface area contributed by atoms with Crippen molar-refractivity contribution in [1.29, 1.82) is 0 Å². The topological polar surface area (TPSA) is 37.9 Å². The van der Waals surface area contributed by atoms with Gasteiger partial charge in [-0.05, 0) is 38.0 Å². The molecule has 1 aromatic carbocycles. The monoisotopic (exact) mass is 374 g/mol. The molecule has 3 aromatic rings. The summed E-state index contributed by atoms with van der Waals surface area (Å²) in [5, 5.41) is 4.40. The maximum absolute atomic E-state index is 12.6. The van der Waals surface area contributed by atoms with E-state index in [0.717, 1.165) is 29.7 Å². The van der Waals surface area contributed by atoms with Crippen LogP contribution in [0.15, 0.2) is 48.7 Å². The van der Waals surface area contributed by atoms with E-state index in [0.29, 0.717) is 12.6 Å². The predicted molar refractivity (Wildman–Crippen MR) is 114 cm³/mol. The van der Waals surface area contributed by atoms with Gasteiger partial charge in [0.1, 0.15) is 13.6 Å². The fourth-order valence-electron chi connectivity index (χ4n) is 4.24. The minimum atomic E-state index is 0.112. The van der Waals surface area contributed by atoms with E-state index in [1.54, 1.807) is 0 Å². The minimum Gasteiger partial charge on any atom is -0.352 e. The Morgan fingerprint density at radius 2 is 1.89 bits per heavy atom. The largest absolute Gasteiger partial charge is 0.352 e. The Morgan fingerprint density at radius 3 is 2.68 bits per heavy atom. The van der Waals surface area contributed by atoms with Crippen LogP contribution in [0, 0.1) is 6.92 Å². The van der Waals surface area contributed by atoms with Gasteiger partial charge in [-0.2, -0.15) is 0 Å². The number of pyridine rings is 1. The van der Waals surface area contributed by atoms with Crippen molar-refractivity contribution in [1.82, 2.24) is 9.88 Å². The number of rotatable bonds is 5. The summed E-state index contributed by atoms with van der Waals surface area (Å²) >= 11 is 0. The third-order valence-corrected chi connectivity index (χ3v) is 5.82. The highest BCUT2D eigenvalue weighted by Gasteiger charge is 2.19. The van der Waals surface area contributed by atoms with Gasteiger partial charge in [0.2, 0.25) is 11.6 Å². The van der Waals surface area contributed by atoms with Crippen molar-refractivity contribution in [2.75, 3.05) is 0 Å². The molecule has 0 spiro atoms. The van der Waals surface area contributed by atoms with Crippen molar-refractivity contribution in [2.24, 2.45) is 7.05 Å². The lowest BCUT2D eigenvalue weighted by Gasteiger charge is -2.14. The molecule has 4 heteroatoms. The minimum absolute atomic E-state index is 0.112. The Bertz CT molecular complexity index is 1030. The molecule has 1 aliphatic carbocycles. The van der Waals surface area contributed by atoms with Crippen LogP contribution in [0.3, 0.4) is 0 Å². The van der Waals surface area contributed by atoms with Gasteiger partial charge in [-0.15, -0.1) is 0 Å². The highest BCUT2D eigenvalue weighted by molar-refractivity contribution is 5.94. The van der Waals surface area contributed by atoms with Crippen LogP contribution in [-0.2, 0) is 18.4 Å². The molecule has 4 rings (SSSR count). The number of benzene rings is 1. The van der Waals surface area contributed by atoms with Crippen LogP contribution in [0.4, 0.5) is 0 Å². The van der Waals surface area contributed by atoms with Crippen molar-refractivity contribution in [3.8, 4) is 0 Å². The Balaban J connectivity index is 1.65. The molecule has 0 saturated heterocycles. The number of hydrogen-bond donors (Lipinski definition) is 1. The molecule has 0 radical (unpaired) electrons. The Kier molecular flexibility index (Phi) is 5.29. The molecule has 1 N–H and O–H groups in total. The van der Waals surface area contributed by atoms with Gasteiger partial charge in [0, 0.05) is 46.4 Å². The van der Waals surface area contributed by atoms with E-state index >= 15 is 0 Å². The van der Waals surface area contributed by atoms with Gasteiger partial charge in [-0.1, -0.05) is 31.0 Å². The molecule has 2 aromatic heterocycles. The van der Waals surface area contributed by atoms with Crippen LogP contribution in [-0.4, -0.2) is 16.5 Å². The number of para-hydroxylation sites is 1. The summed E-state index contributed by atoms with van der Waals surface area (Å²) in [6.45, 7) is 2.48. The van der Waals surface area contributed by atoms with Crippen LogP contribution < -0.4 is 9.88 Å². The molecule has 1 amide bonds. The number of aromatic nitrogens is 2. The molecule has 0 atom stereocenters. The van der Waals surface area contributed by atoms with E-state index in [4.69, 9.17) is 0 Å². The van der Waals surface area contributed by atoms with Crippen LogP contribution in [0.2, 0.25) is 0 Å². The second-order valence-corrected chi connectivity index (χ2v) is 7.72. The molecule has 28 heavy (non-hydrogen) atoms. The van der Waals surface area contributed by atoms with E-state index in [-0.39, 0.29) is 5.91 Å². The zero-order chi connectivity index (χ0) is 19.5. The van der Waals surface area contributed by atoms with Crippen LogP contribution in [0.1, 0.15) is 42.6 Å². The van der Waals surface area contributed by atoms with E-state index < -0.39 is 0 Å². The second kappa shape index (κ2) is 8.01. The average molecular weight is 375 g/mol. The van der Waals surface area contributed by atoms with Crippen molar-refractivity contribution in [3.05, 3.63) is 65.6 Å². The highest BCUT2D eigenvalue weighted by atomic mass is 16.2. The summed E-state index contributed by atoms with van der Waals surface area (Å²) in [7, 11) is 2.04. The molecular formula is C24H28N3O+. The standard InChI is InChI=1S/C24H27N3O/c1-18-21(15-14-20-11-7-8-16-26(20)2)22-12-5-6-13-23(22)27(18)17-24(28)25-19-9-3-4-10-19/h5-8,11-16,19H,3-4,9-10,17H2,1-2H3/p+1. The van der Waals surface area contributed by atoms with Crippen molar-refractivity contribution in [3.63, 3.8) is 0 Å². The third kappa shape index (κ3) is 3.72. The Hall–Kier alpha value is -2.88. The molecule has 0 unspecified atom stereocenters. The highest BCUT2D eigenvalue weighted by Crippen LogP contribution is 2.27. The molecule has 1 fully saturated rings. The number of carbonyl (C=O) groups is 1. The van der Waals surface area contributed by atoms with Crippen LogP contribution in [0.25, 0.3) is 23.1 Å². The van der Waals surface area contributed by atoms with E-state index in [9.17, 15) is 4.79 Å². The van der Waals surface area contributed by atoms with Gasteiger partial charge in [-0.3, -0.25) is 4.79 Å². The number of hydrogen-bond acceptors (Lipinski definition) is 1. The Labute approximate surface area is 166 Å². The zero-order valence-electron chi connectivity index (χ0n) is 16.7. The molecule has 144 valence electrons. The zero-order valence-corrected chi connectivity index (χ0v) is 16.7. The van der Waals surface area contributed by atoms with Gasteiger partial charge in [0.15, 0.2) is 6.20 Å². The van der Waals surface area contributed by atoms with E-state index in [2.05, 4.69) is 57.8 Å². The smallest absolute Gasteiger partial charge is 0.240 e. The second-order valence-electron chi connectivity index (χ2n) is 7.72. The lowest BCUT2D eigenvalue weighted by Crippen LogP contribution is -2.35. The van der Waals surface area contributed by atoms with E-state index in [1.165, 1.54) is 23.8 Å². The first-order valence-corrected chi connectivity index (χ1v) is 10.1. The van der Waals surface area contributed by atoms with Gasteiger partial charge in [-0.25, -0.2) is 4.57 Å². The van der Waals surface area contributed by atoms with Crippen LogP contribution in [0.5, 0.6) is 0 Å². The van der Waals surface area contributed by atoms with Crippen molar-refractivity contribution < 1.29 is 9.36 Å². The summed E-state index contributed by atoms with van der Waals surface area (Å²) in [6, 6.07) is 14.9. The normalized spacial score (nSPS) is 14.9. The molecule has 1 aliphatic rings. The van der Waals surface area contributed by atoms with E-state index in [1.807, 2.05) is 31.4 Å². The Morgan fingerprint density at radius 1 is 1.14 bits per heavy atom. The van der Waals surface area contributed by atoms with Gasteiger partial charge in [0.25, 0.3) is 0 Å². The third-order valence-electron chi connectivity index (χ3n) is 5.82. The van der Waals surface area contributed by atoms with Gasteiger partial charge >= 0.3 is 0 Å². The molecule has 2 heterocycles. The lowest BCUT2D eigenvalue weighted by molar-refractivity contribution is -0.673. The van der Waals surface area contributed by atoms with Crippen molar-refractivity contribution in [2.45, 2.75) is 45.2 Å². The number of nitrogens with one attached hydrogen (secondary N) is 1. The van der Waals surface area contributed by atoms with Crippen LogP contribution >= 0.6 is 0 Å². The summed E-state index contributed by atoms with van der Waals surface area (Å²) in [4.78, 5) is 12.6. The quantitative estimate of drug-likeness (QED) is 0.674. The van der Waals surface area contributed by atoms with Gasteiger partial charge < -0.3 is 9.88 Å². The SMILES string of the molecule is Cc1c(/C=C/c2cccc[n+]2C)c2ccccc2n1CC(=O)NC1CCCC1. The van der Waals surface area contributed by atoms with Gasteiger partial charge in [0.05, 0.1) is 0 Å². The number of carbonyl (C=O) groups excluding carboxylic acids is 1. The fraction of sp³-hybridized carbons (Fsp3) is 0.333. The first kappa shape index (κ1) is 18.5. The summed E-state index contributed by atoms with van der Waals surface area (Å²) in [5.74, 6) is 0.112. The van der Waals surface area contributed by atoms with Crippen molar-refractivity contribution >= 4 is 29.0 Å². The summed E-state index contributed by atoms with van der Waals surface area (Å²) in [5.41, 5.74) is 4.54. The summed E-state index contributed by atoms with van der Waals surface area (Å²) < 4.78 is 4.24. The number of aryl methyl sites for hydroxylation is 1. The first-order valence-electron chi connectivity index (χ1n) is 10.1. The molecule has 0 bridgehead atoms. The first-order chi connectivity index (χ1) is 13.6. The number of amides is 1. The fourth-order valence-corrected chi connectivity index (χ4v) is 4.24. The maximum atomic E-state index is 12.6. The molecular weight excluding hydrogens is 346 g/mol. The lowest BCUT2D eigenvalue weighted by atomic mass is 10.1. The summed E-state index contributed by atoms with van der Waals surface area (Å²) in [6.07, 6.45) is 11.0. The predicted octanol–water partition coefficient (Wildman–Crippen LogP) is 4.00. The average Bonchev–Trinajstić information content (AvgIpc) is 3.29. The molecule has 1 saturated carbocycles. The molecule has 0 aliphatic heterocycles. The number of fused-ring (bicyclic) bond motifs is 1. The number of nitrogens with zero attached hydrogens (tertiary/aromatic N) is 2. The molecule has 4 nitrogen and oxygen atoms in total.